The van der Waals surface area contributed by atoms with Crippen LogP contribution in [0.25, 0.3) is 0 Å². The average Bonchev–Trinajstić information content (AvgIpc) is 3.41. The molecular weight excluding hydrogens is 554 g/mol. The molecule has 1 aromatic heterocycles. The van der Waals surface area contributed by atoms with E-state index in [-0.39, 0.29) is 40.4 Å². The smallest absolute Gasteiger partial charge is 0.240 e. The zero-order chi connectivity index (χ0) is 29.6. The number of benzene rings is 3. The Hall–Kier alpha value is -3.71. The second-order valence-corrected chi connectivity index (χ2v) is 15.6. The molecule has 1 spiro atoms. The number of hydrogen-bond acceptors (Lipinski definition) is 4. The normalized spacial score (nSPS) is 29.9. The first-order valence-electron chi connectivity index (χ1n) is 15.5. The van der Waals surface area contributed by atoms with Crippen LogP contribution in [0.2, 0.25) is 0 Å². The molecule has 1 amide bonds. The molecule has 3 saturated carbocycles. The fourth-order valence-electron chi connectivity index (χ4n) is 9.24. The van der Waals surface area contributed by atoms with Gasteiger partial charge in [0, 0.05) is 23.4 Å². The number of sulfonamides is 1. The van der Waals surface area contributed by atoms with Gasteiger partial charge in [-0.1, -0.05) is 105 Å². The first-order chi connectivity index (χ1) is 20.7. The molecule has 220 valence electrons. The highest BCUT2D eigenvalue weighted by molar-refractivity contribution is 7.90. The van der Waals surface area contributed by atoms with Crippen molar-refractivity contribution >= 4 is 15.9 Å². The fraction of sp³-hybridized carbons (Fsp3) is 0.389. The molecule has 4 aliphatic rings. The van der Waals surface area contributed by atoms with Crippen molar-refractivity contribution in [1.29, 1.82) is 0 Å². The summed E-state index contributed by atoms with van der Waals surface area (Å²) in [5.74, 6) is -0.0665. The van der Waals surface area contributed by atoms with Crippen LogP contribution in [-0.2, 0) is 20.4 Å². The van der Waals surface area contributed by atoms with Crippen LogP contribution in [-0.4, -0.2) is 40.0 Å². The van der Waals surface area contributed by atoms with Gasteiger partial charge in [0.15, 0.2) is 0 Å². The first kappa shape index (κ1) is 26.9. The lowest BCUT2D eigenvalue weighted by atomic mass is 9.69. The lowest BCUT2D eigenvalue weighted by molar-refractivity contribution is -0.130. The van der Waals surface area contributed by atoms with E-state index in [0.717, 1.165) is 41.6 Å². The third kappa shape index (κ3) is 3.60. The van der Waals surface area contributed by atoms with Gasteiger partial charge in [-0.05, 0) is 53.7 Å². The highest BCUT2D eigenvalue weighted by Gasteiger charge is 2.73. The molecule has 0 radical (unpaired) electrons. The van der Waals surface area contributed by atoms with E-state index in [1.54, 1.807) is 0 Å². The Morgan fingerprint density at radius 1 is 0.860 bits per heavy atom. The van der Waals surface area contributed by atoms with Gasteiger partial charge in [-0.25, -0.2) is 17.7 Å². The molecule has 2 bridgehead atoms. The lowest BCUT2D eigenvalue weighted by Crippen LogP contribution is -2.44. The van der Waals surface area contributed by atoms with Gasteiger partial charge in [-0.3, -0.25) is 4.79 Å². The van der Waals surface area contributed by atoms with Crippen molar-refractivity contribution in [2.75, 3.05) is 5.75 Å². The van der Waals surface area contributed by atoms with Gasteiger partial charge in [0.2, 0.25) is 15.9 Å². The molecule has 3 aliphatic carbocycles. The number of rotatable bonds is 6. The molecule has 7 heteroatoms. The summed E-state index contributed by atoms with van der Waals surface area (Å²) >= 11 is 0. The largest absolute Gasteiger partial charge is 0.319 e. The van der Waals surface area contributed by atoms with E-state index in [4.69, 9.17) is 4.98 Å². The average molecular weight is 592 g/mol. The Morgan fingerprint density at radius 2 is 1.42 bits per heavy atom. The summed E-state index contributed by atoms with van der Waals surface area (Å²) in [7, 11) is -3.64. The second kappa shape index (κ2) is 9.15. The zero-order valence-electron chi connectivity index (χ0n) is 24.6. The van der Waals surface area contributed by atoms with Crippen LogP contribution in [0.1, 0.15) is 67.8 Å². The number of fused-ring (bicyclic) bond motifs is 1. The molecule has 2 heterocycles. The molecule has 8 rings (SSSR count). The minimum Gasteiger partial charge on any atom is -0.319 e. The van der Waals surface area contributed by atoms with Crippen LogP contribution in [0, 0.1) is 22.7 Å². The summed E-state index contributed by atoms with van der Waals surface area (Å²) in [6.07, 6.45) is 7.35. The Balaban J connectivity index is 1.16. The van der Waals surface area contributed by atoms with Gasteiger partial charge >= 0.3 is 0 Å². The number of carbonyl (C=O) groups excluding carboxylic acids is 1. The quantitative estimate of drug-likeness (QED) is 0.251. The highest BCUT2D eigenvalue weighted by atomic mass is 32.2. The molecule has 1 aliphatic heterocycles. The van der Waals surface area contributed by atoms with Crippen molar-refractivity contribution in [2.24, 2.45) is 22.7 Å². The predicted molar refractivity (Wildman–Crippen MR) is 166 cm³/mol. The second-order valence-electron chi connectivity index (χ2n) is 13.7. The van der Waals surface area contributed by atoms with Gasteiger partial charge in [0.1, 0.15) is 5.54 Å². The van der Waals surface area contributed by atoms with Gasteiger partial charge in [-0.15, -0.1) is 0 Å². The Kier molecular flexibility index (Phi) is 5.72. The lowest BCUT2D eigenvalue weighted by Gasteiger charge is -2.37. The fourth-order valence-corrected chi connectivity index (χ4v) is 11.8. The summed E-state index contributed by atoms with van der Waals surface area (Å²) in [6.45, 7) is 4.44. The Bertz CT molecular complexity index is 1710. The van der Waals surface area contributed by atoms with Crippen molar-refractivity contribution in [3.05, 3.63) is 126 Å². The van der Waals surface area contributed by atoms with Crippen molar-refractivity contribution in [2.45, 2.75) is 57.0 Å². The van der Waals surface area contributed by atoms with Gasteiger partial charge in [0.25, 0.3) is 0 Å². The molecule has 4 aromatic rings. The topological polar surface area (TPSA) is 72.3 Å². The molecule has 4 fully saturated rings. The van der Waals surface area contributed by atoms with E-state index < -0.39 is 15.6 Å². The van der Waals surface area contributed by atoms with Crippen LogP contribution in [0.4, 0.5) is 0 Å². The van der Waals surface area contributed by atoms with Gasteiger partial charge in [-0.2, -0.15) is 0 Å². The zero-order valence-corrected chi connectivity index (χ0v) is 25.5. The first-order valence-corrected chi connectivity index (χ1v) is 17.1. The summed E-state index contributed by atoms with van der Waals surface area (Å²) in [6, 6.07) is 31.1. The highest BCUT2D eigenvalue weighted by Crippen LogP contribution is 2.70. The minimum atomic E-state index is -3.64. The predicted octanol–water partition coefficient (Wildman–Crippen LogP) is 6.19. The SMILES string of the molecule is CC1(C)C2CCC13CS(=O)(=O)N(C(=O)C1CC1c1cn(C(c4ccccc4)(c4ccccc4)c4ccccc4)cn1)C3C2. The number of hydrogen-bond donors (Lipinski definition) is 0. The Labute approximate surface area is 253 Å². The molecule has 1 saturated heterocycles. The van der Waals surface area contributed by atoms with E-state index >= 15 is 0 Å². The molecule has 0 N–H and O–H groups in total. The standard InChI is InChI=1S/C36H37N3O3S/c1-34(2)28-18-19-35(34)23-43(41,42)39(32(35)20-28)33(40)30-21-29(30)31-22-38(24-37-31)36(25-12-6-3-7-13-25,26-14-8-4-9-15-26)27-16-10-5-11-17-27/h3-17,22,24,28-30,32H,18-21,23H2,1-2H3. The van der Waals surface area contributed by atoms with E-state index in [1.165, 1.54) is 4.31 Å². The number of amides is 1. The van der Waals surface area contributed by atoms with E-state index in [0.29, 0.717) is 12.3 Å². The number of imidazole rings is 1. The van der Waals surface area contributed by atoms with Crippen LogP contribution in [0.15, 0.2) is 104 Å². The minimum absolute atomic E-state index is 0.0584. The molecule has 6 nitrogen and oxygen atoms in total. The number of aromatic nitrogens is 2. The third-order valence-electron chi connectivity index (χ3n) is 11.7. The molecular formula is C36H37N3O3S. The summed E-state index contributed by atoms with van der Waals surface area (Å²) in [4.78, 5) is 18.9. The van der Waals surface area contributed by atoms with Crippen LogP contribution in [0.5, 0.6) is 0 Å². The molecule has 3 aromatic carbocycles. The van der Waals surface area contributed by atoms with Crippen LogP contribution < -0.4 is 0 Å². The molecule has 43 heavy (non-hydrogen) atoms. The summed E-state index contributed by atoms with van der Waals surface area (Å²) in [5, 5.41) is 0. The number of carbonyl (C=O) groups is 1. The summed E-state index contributed by atoms with van der Waals surface area (Å²) < 4.78 is 30.6. The number of nitrogens with zero attached hydrogens (tertiary/aromatic N) is 3. The van der Waals surface area contributed by atoms with Crippen molar-refractivity contribution in [3.63, 3.8) is 0 Å². The summed E-state index contributed by atoms with van der Waals surface area (Å²) in [5.41, 5.74) is 3.11. The van der Waals surface area contributed by atoms with Crippen LogP contribution >= 0.6 is 0 Å². The van der Waals surface area contributed by atoms with E-state index in [9.17, 15) is 13.2 Å². The van der Waals surface area contributed by atoms with E-state index in [2.05, 4.69) is 97.4 Å². The van der Waals surface area contributed by atoms with E-state index in [1.807, 2.05) is 24.5 Å². The Morgan fingerprint density at radius 3 is 1.95 bits per heavy atom. The van der Waals surface area contributed by atoms with Gasteiger partial charge < -0.3 is 4.57 Å². The maximum absolute atomic E-state index is 14.0. The van der Waals surface area contributed by atoms with Gasteiger partial charge in [0.05, 0.1) is 23.8 Å². The van der Waals surface area contributed by atoms with Crippen molar-refractivity contribution in [1.82, 2.24) is 13.9 Å². The maximum atomic E-state index is 14.0. The van der Waals surface area contributed by atoms with Crippen molar-refractivity contribution in [3.8, 4) is 0 Å². The molecule has 5 unspecified atom stereocenters. The monoisotopic (exact) mass is 591 g/mol. The third-order valence-corrected chi connectivity index (χ3v) is 13.6. The molecule has 5 atom stereocenters. The maximum Gasteiger partial charge on any atom is 0.240 e. The van der Waals surface area contributed by atoms with Crippen molar-refractivity contribution < 1.29 is 13.2 Å². The van der Waals surface area contributed by atoms with Crippen LogP contribution in [0.3, 0.4) is 0 Å².